The molecule has 7 aromatic carbocycles. The van der Waals surface area contributed by atoms with Gasteiger partial charge in [-0.3, -0.25) is 0 Å². The number of nitrogens with one attached hydrogen (secondary N) is 1. The number of nitrogens with zero attached hydrogens (tertiary/aromatic N) is 2. The topological polar surface area (TPSA) is 47.0 Å². The molecule has 0 radical (unpaired) electrons. The van der Waals surface area contributed by atoms with Crippen molar-refractivity contribution in [3.8, 4) is 61.6 Å². The summed E-state index contributed by atoms with van der Waals surface area (Å²) in [5, 5.41) is 15.0. The zero-order valence-corrected chi connectivity index (χ0v) is 26.6. The third-order valence-corrected chi connectivity index (χ3v) is 9.25. The Morgan fingerprint density at radius 3 is 1.84 bits per heavy atom. The van der Waals surface area contributed by atoms with Gasteiger partial charge in [-0.25, -0.2) is 0 Å². The number of hydrogen-bond acceptors (Lipinski definition) is 4. The fourth-order valence-corrected chi connectivity index (χ4v) is 6.75. The molecule has 0 amide bonds. The molecule has 0 fully saturated rings. The molecule has 4 heteroatoms. The van der Waals surface area contributed by atoms with Gasteiger partial charge in [-0.05, 0) is 74.5 Å². The van der Waals surface area contributed by atoms with E-state index in [0.717, 1.165) is 56.2 Å². The maximum Gasteiger partial charge on any atom is 0.196 e. The lowest BCUT2D eigenvalue weighted by atomic mass is 9.89. The highest BCUT2D eigenvalue weighted by Crippen LogP contribution is 2.44. The van der Waals surface area contributed by atoms with Crippen LogP contribution in [-0.2, 0) is 0 Å². The minimum atomic E-state index is -0.262. The van der Waals surface area contributed by atoms with Crippen LogP contribution in [0, 0.1) is 0 Å². The zero-order valence-electron chi connectivity index (χ0n) is 26.6. The van der Waals surface area contributed by atoms with E-state index < -0.39 is 0 Å². The summed E-state index contributed by atoms with van der Waals surface area (Å²) in [7, 11) is 0. The van der Waals surface area contributed by atoms with Crippen LogP contribution in [0.4, 0.5) is 5.69 Å². The minimum Gasteiger partial charge on any atom is -0.464 e. The van der Waals surface area contributed by atoms with E-state index in [1.165, 1.54) is 27.5 Å². The van der Waals surface area contributed by atoms with E-state index in [2.05, 4.69) is 143 Å². The third-order valence-electron chi connectivity index (χ3n) is 9.25. The van der Waals surface area contributed by atoms with Crippen LogP contribution in [0.1, 0.15) is 11.8 Å². The molecule has 4 nitrogen and oxygen atoms in total. The SMILES string of the molecule is c1ccc(-c2cccc(C3Nc4ccc(-c5ccc6ccccc6c5-c5ccc(-c6ccc(-c7ccccc7)nn6)cc5)cc4O3)c2)cc1. The molecule has 232 valence electrons. The summed E-state index contributed by atoms with van der Waals surface area (Å²) in [6.45, 7) is 0. The minimum absolute atomic E-state index is 0.262. The van der Waals surface area contributed by atoms with E-state index in [4.69, 9.17) is 4.74 Å². The predicted octanol–water partition coefficient (Wildman–Crippen LogP) is 11.5. The Morgan fingerprint density at radius 2 is 1.08 bits per heavy atom. The molecule has 2 heterocycles. The van der Waals surface area contributed by atoms with Gasteiger partial charge in [-0.15, -0.1) is 10.2 Å². The average molecular weight is 630 g/mol. The van der Waals surface area contributed by atoms with Crippen LogP contribution in [0.3, 0.4) is 0 Å². The summed E-state index contributed by atoms with van der Waals surface area (Å²) < 4.78 is 6.56. The molecule has 0 saturated heterocycles. The van der Waals surface area contributed by atoms with E-state index in [0.29, 0.717) is 0 Å². The second kappa shape index (κ2) is 12.3. The quantitative estimate of drug-likeness (QED) is 0.199. The summed E-state index contributed by atoms with van der Waals surface area (Å²) in [5.74, 6) is 0.847. The van der Waals surface area contributed by atoms with Crippen molar-refractivity contribution in [2.45, 2.75) is 6.23 Å². The number of ether oxygens (including phenoxy) is 1. The van der Waals surface area contributed by atoms with Crippen molar-refractivity contribution in [3.63, 3.8) is 0 Å². The smallest absolute Gasteiger partial charge is 0.196 e. The molecule has 1 aromatic heterocycles. The summed E-state index contributed by atoms with van der Waals surface area (Å²) in [6, 6.07) is 61.3. The molecule has 49 heavy (non-hydrogen) atoms. The number of anilines is 1. The number of hydrogen-bond donors (Lipinski definition) is 1. The lowest BCUT2D eigenvalue weighted by molar-refractivity contribution is 0.260. The van der Waals surface area contributed by atoms with Crippen molar-refractivity contribution in [2.75, 3.05) is 5.32 Å². The Morgan fingerprint density at radius 1 is 0.449 bits per heavy atom. The van der Waals surface area contributed by atoms with Crippen molar-refractivity contribution in [1.29, 1.82) is 0 Å². The summed E-state index contributed by atoms with van der Waals surface area (Å²) >= 11 is 0. The highest BCUT2D eigenvalue weighted by Gasteiger charge is 2.25. The van der Waals surface area contributed by atoms with E-state index in [1.807, 2.05) is 48.5 Å². The van der Waals surface area contributed by atoms with Crippen molar-refractivity contribution in [1.82, 2.24) is 10.2 Å². The molecular weight excluding hydrogens is 599 g/mol. The maximum atomic E-state index is 6.56. The first-order chi connectivity index (χ1) is 24.3. The van der Waals surface area contributed by atoms with Crippen LogP contribution in [0.15, 0.2) is 176 Å². The van der Waals surface area contributed by atoms with Gasteiger partial charge >= 0.3 is 0 Å². The molecule has 1 atom stereocenters. The van der Waals surface area contributed by atoms with Crippen LogP contribution in [-0.4, -0.2) is 10.2 Å². The molecule has 1 N–H and O–H groups in total. The molecule has 0 bridgehead atoms. The molecule has 1 unspecified atom stereocenters. The number of fused-ring (bicyclic) bond motifs is 2. The fraction of sp³-hybridized carbons (Fsp3) is 0.0222. The summed E-state index contributed by atoms with van der Waals surface area (Å²) in [6.07, 6.45) is -0.262. The average Bonchev–Trinajstić information content (AvgIpc) is 3.62. The van der Waals surface area contributed by atoms with Crippen molar-refractivity contribution >= 4 is 16.5 Å². The van der Waals surface area contributed by atoms with Crippen LogP contribution >= 0.6 is 0 Å². The molecule has 8 aromatic rings. The normalized spacial score (nSPS) is 13.4. The van der Waals surface area contributed by atoms with Gasteiger partial charge in [-0.2, -0.15) is 0 Å². The van der Waals surface area contributed by atoms with Gasteiger partial charge in [0.1, 0.15) is 5.75 Å². The third kappa shape index (κ3) is 5.49. The van der Waals surface area contributed by atoms with Gasteiger partial charge in [0.15, 0.2) is 6.23 Å². The van der Waals surface area contributed by atoms with Gasteiger partial charge in [0.25, 0.3) is 0 Å². The molecule has 9 rings (SSSR count). The van der Waals surface area contributed by atoms with E-state index in [1.54, 1.807) is 0 Å². The van der Waals surface area contributed by atoms with Gasteiger partial charge in [0.05, 0.1) is 17.1 Å². The molecule has 1 aliphatic rings. The van der Waals surface area contributed by atoms with Crippen LogP contribution in [0.2, 0.25) is 0 Å². The second-order valence-corrected chi connectivity index (χ2v) is 12.3. The lowest BCUT2D eigenvalue weighted by Crippen LogP contribution is -2.10. The van der Waals surface area contributed by atoms with Gasteiger partial charge < -0.3 is 10.1 Å². The van der Waals surface area contributed by atoms with Crippen molar-refractivity contribution < 1.29 is 4.74 Å². The highest BCUT2D eigenvalue weighted by atomic mass is 16.5. The van der Waals surface area contributed by atoms with Gasteiger partial charge in [0, 0.05) is 16.7 Å². The van der Waals surface area contributed by atoms with Crippen LogP contribution < -0.4 is 10.1 Å². The summed E-state index contributed by atoms with van der Waals surface area (Å²) in [4.78, 5) is 0. The lowest BCUT2D eigenvalue weighted by Gasteiger charge is -2.15. The first kappa shape index (κ1) is 28.7. The Hall–Kier alpha value is -6.52. The van der Waals surface area contributed by atoms with Gasteiger partial charge in [0.2, 0.25) is 0 Å². The predicted molar refractivity (Wildman–Crippen MR) is 200 cm³/mol. The second-order valence-electron chi connectivity index (χ2n) is 12.3. The van der Waals surface area contributed by atoms with Crippen molar-refractivity contribution in [2.24, 2.45) is 0 Å². The fourth-order valence-electron chi connectivity index (χ4n) is 6.75. The molecule has 0 spiro atoms. The Labute approximate surface area is 285 Å². The van der Waals surface area contributed by atoms with E-state index in [9.17, 15) is 0 Å². The monoisotopic (exact) mass is 629 g/mol. The first-order valence-electron chi connectivity index (χ1n) is 16.5. The maximum absolute atomic E-state index is 6.56. The van der Waals surface area contributed by atoms with Crippen LogP contribution in [0.25, 0.3) is 66.7 Å². The molecule has 0 saturated carbocycles. The van der Waals surface area contributed by atoms with Crippen LogP contribution in [0.5, 0.6) is 5.75 Å². The standard InChI is InChI=1S/C45H31N3O/c1-3-10-30(11-4-1)35-15-9-16-37(28-35)45-46-42-25-23-36(29-43(42)49-45)39-24-22-31-12-7-8-17-38(31)44(39)34-20-18-33(19-21-34)41-27-26-40(47-48-41)32-13-5-2-6-14-32/h1-29,45-46H. The van der Waals surface area contributed by atoms with Crippen molar-refractivity contribution in [3.05, 3.63) is 181 Å². The summed E-state index contributed by atoms with van der Waals surface area (Å²) in [5.41, 5.74) is 12.8. The molecule has 0 aliphatic carbocycles. The van der Waals surface area contributed by atoms with E-state index in [-0.39, 0.29) is 6.23 Å². The number of benzene rings is 7. The number of rotatable bonds is 6. The zero-order chi connectivity index (χ0) is 32.6. The molecular formula is C45H31N3O. The molecule has 1 aliphatic heterocycles. The Kier molecular flexibility index (Phi) is 7.17. The number of aromatic nitrogens is 2. The highest BCUT2D eigenvalue weighted by molar-refractivity contribution is 6.04. The Balaban J connectivity index is 1.04. The first-order valence-corrected chi connectivity index (χ1v) is 16.5. The van der Waals surface area contributed by atoms with E-state index >= 15 is 0 Å². The van der Waals surface area contributed by atoms with Gasteiger partial charge in [-0.1, -0.05) is 146 Å². The Bertz CT molecular complexity index is 2420. The largest absolute Gasteiger partial charge is 0.464 e.